The van der Waals surface area contributed by atoms with Gasteiger partial charge in [0, 0.05) is 25.9 Å². The van der Waals surface area contributed by atoms with E-state index in [1.54, 1.807) is 30.5 Å². The van der Waals surface area contributed by atoms with Gasteiger partial charge in [-0.1, -0.05) is 36.1 Å². The van der Waals surface area contributed by atoms with Crippen LogP contribution in [0.25, 0.3) is 11.7 Å². The van der Waals surface area contributed by atoms with Crippen LogP contribution in [0.3, 0.4) is 0 Å². The van der Waals surface area contributed by atoms with E-state index in [4.69, 9.17) is 17.0 Å². The predicted octanol–water partition coefficient (Wildman–Crippen LogP) is 2.67. The lowest BCUT2D eigenvalue weighted by atomic mass is 10.2. The highest BCUT2D eigenvalue weighted by Gasteiger charge is 2.31. The molecule has 2 aromatic heterocycles. The zero-order valence-electron chi connectivity index (χ0n) is 15.7. The first kappa shape index (κ1) is 19.8. The second-order valence-electron chi connectivity index (χ2n) is 6.70. The van der Waals surface area contributed by atoms with Gasteiger partial charge in [-0.2, -0.15) is 0 Å². The van der Waals surface area contributed by atoms with Crippen LogP contribution in [0.15, 0.2) is 46.8 Å². The molecule has 7 nitrogen and oxygen atoms in total. The lowest BCUT2D eigenvalue weighted by Gasteiger charge is -2.14. The Morgan fingerprint density at radius 2 is 2.28 bits per heavy atom. The maximum atomic E-state index is 13.2. The minimum atomic E-state index is -0.251. The van der Waals surface area contributed by atoms with Crippen molar-refractivity contribution in [3.8, 4) is 0 Å². The fourth-order valence-corrected chi connectivity index (χ4v) is 4.56. The molecule has 0 aromatic carbocycles. The summed E-state index contributed by atoms with van der Waals surface area (Å²) in [6.45, 7) is 5.29. The number of anilines is 1. The van der Waals surface area contributed by atoms with E-state index < -0.39 is 0 Å². The zero-order valence-corrected chi connectivity index (χ0v) is 17.3. The maximum absolute atomic E-state index is 13.2. The minimum absolute atomic E-state index is 0.0877. The third kappa shape index (κ3) is 3.98. The number of fused-ring (bicyclic) bond motifs is 1. The molecule has 2 saturated heterocycles. The standard InChI is InChI=1S/C20H20N4O3S2/c1-2-8-24-19(26)15(29-20(24)28)11-14-17(21-12-13-6-5-10-27-13)22-16-7-3-4-9-23(16)18(14)25/h2-4,7,9,11,13,21H,1,5-6,8,10,12H2/b15-11+/t13-/m1/s1. The molecule has 2 aliphatic heterocycles. The molecule has 150 valence electrons. The molecule has 4 rings (SSSR count). The Kier molecular flexibility index (Phi) is 5.79. The summed E-state index contributed by atoms with van der Waals surface area (Å²) in [5.74, 6) is 0.202. The largest absolute Gasteiger partial charge is 0.376 e. The Morgan fingerprint density at radius 1 is 1.41 bits per heavy atom. The Labute approximate surface area is 177 Å². The van der Waals surface area contributed by atoms with Crippen molar-refractivity contribution in [2.45, 2.75) is 18.9 Å². The summed E-state index contributed by atoms with van der Waals surface area (Å²) < 4.78 is 7.57. The van der Waals surface area contributed by atoms with Crippen molar-refractivity contribution in [1.29, 1.82) is 0 Å². The monoisotopic (exact) mass is 428 g/mol. The van der Waals surface area contributed by atoms with Gasteiger partial charge in [0.1, 0.15) is 15.8 Å². The first-order valence-corrected chi connectivity index (χ1v) is 10.5. The van der Waals surface area contributed by atoms with Gasteiger partial charge in [-0.3, -0.25) is 18.9 Å². The number of thiocarbonyl (C=S) groups is 1. The Balaban J connectivity index is 1.75. The van der Waals surface area contributed by atoms with E-state index in [-0.39, 0.29) is 17.6 Å². The molecule has 0 aliphatic carbocycles. The molecule has 0 unspecified atom stereocenters. The number of hydrogen-bond donors (Lipinski definition) is 1. The number of aromatic nitrogens is 2. The van der Waals surface area contributed by atoms with E-state index in [0.717, 1.165) is 19.4 Å². The summed E-state index contributed by atoms with van der Waals surface area (Å²) >= 11 is 6.47. The highest BCUT2D eigenvalue weighted by atomic mass is 32.2. The molecule has 2 aliphatic rings. The molecule has 9 heteroatoms. The molecule has 0 radical (unpaired) electrons. The van der Waals surface area contributed by atoms with Crippen molar-refractivity contribution in [3.05, 3.63) is 57.9 Å². The highest BCUT2D eigenvalue weighted by molar-refractivity contribution is 8.26. The summed E-state index contributed by atoms with van der Waals surface area (Å²) in [4.78, 5) is 32.3. The second kappa shape index (κ2) is 8.48. The third-order valence-corrected chi connectivity index (χ3v) is 6.13. The van der Waals surface area contributed by atoms with Crippen molar-refractivity contribution in [2.75, 3.05) is 25.0 Å². The lowest BCUT2D eigenvalue weighted by molar-refractivity contribution is -0.121. The maximum Gasteiger partial charge on any atom is 0.267 e. The van der Waals surface area contributed by atoms with Gasteiger partial charge in [0.25, 0.3) is 11.5 Å². The van der Waals surface area contributed by atoms with Crippen LogP contribution in [0, 0.1) is 0 Å². The first-order chi connectivity index (χ1) is 14.1. The second-order valence-corrected chi connectivity index (χ2v) is 8.38. The van der Waals surface area contributed by atoms with Gasteiger partial charge < -0.3 is 10.1 Å². The number of carbonyl (C=O) groups is 1. The van der Waals surface area contributed by atoms with Crippen molar-refractivity contribution in [1.82, 2.24) is 14.3 Å². The molecule has 29 heavy (non-hydrogen) atoms. The Morgan fingerprint density at radius 3 is 3.03 bits per heavy atom. The van der Waals surface area contributed by atoms with E-state index in [2.05, 4.69) is 16.9 Å². The van der Waals surface area contributed by atoms with Crippen LogP contribution in [0.2, 0.25) is 0 Å². The van der Waals surface area contributed by atoms with Crippen LogP contribution in [0.5, 0.6) is 0 Å². The van der Waals surface area contributed by atoms with Crippen molar-refractivity contribution >= 4 is 51.7 Å². The van der Waals surface area contributed by atoms with Gasteiger partial charge in [-0.25, -0.2) is 4.98 Å². The van der Waals surface area contributed by atoms with Crippen LogP contribution in [0.1, 0.15) is 18.4 Å². The summed E-state index contributed by atoms with van der Waals surface area (Å²) in [7, 11) is 0. The average molecular weight is 429 g/mol. The smallest absolute Gasteiger partial charge is 0.267 e. The van der Waals surface area contributed by atoms with Gasteiger partial charge in [-0.15, -0.1) is 6.58 Å². The normalized spacial score (nSPS) is 20.8. The summed E-state index contributed by atoms with van der Waals surface area (Å²) in [6.07, 6.45) is 6.94. The lowest BCUT2D eigenvalue weighted by Crippen LogP contribution is -2.28. The molecule has 2 fully saturated rings. The van der Waals surface area contributed by atoms with Gasteiger partial charge in [0.15, 0.2) is 0 Å². The molecule has 0 bridgehead atoms. The van der Waals surface area contributed by atoms with E-state index in [1.165, 1.54) is 21.1 Å². The number of thioether (sulfide) groups is 1. The van der Waals surface area contributed by atoms with E-state index in [0.29, 0.717) is 39.3 Å². The van der Waals surface area contributed by atoms with Crippen LogP contribution in [0.4, 0.5) is 5.82 Å². The molecule has 0 saturated carbocycles. The third-order valence-electron chi connectivity index (χ3n) is 4.75. The van der Waals surface area contributed by atoms with Gasteiger partial charge in [0.05, 0.1) is 16.6 Å². The SMILES string of the molecule is C=CCN1C(=O)/C(=C\c2c(NC[C@H]3CCCO3)nc3ccccn3c2=O)SC1=S. The number of ether oxygens (including phenoxy) is 1. The Hall–Kier alpha value is -2.49. The highest BCUT2D eigenvalue weighted by Crippen LogP contribution is 2.33. The van der Waals surface area contributed by atoms with Crippen LogP contribution >= 0.6 is 24.0 Å². The molecule has 1 atom stereocenters. The van der Waals surface area contributed by atoms with Crippen LogP contribution in [-0.4, -0.2) is 50.3 Å². The molecule has 2 aromatic rings. The van der Waals surface area contributed by atoms with Crippen molar-refractivity contribution in [2.24, 2.45) is 0 Å². The van der Waals surface area contributed by atoms with Gasteiger partial charge in [-0.05, 0) is 31.1 Å². The molecule has 1 N–H and O–H groups in total. The fraction of sp³-hybridized carbons (Fsp3) is 0.300. The number of pyridine rings is 1. The quantitative estimate of drug-likeness (QED) is 0.431. The van der Waals surface area contributed by atoms with Crippen molar-refractivity contribution in [3.63, 3.8) is 0 Å². The molecule has 4 heterocycles. The topological polar surface area (TPSA) is 75.9 Å². The van der Waals surface area contributed by atoms with Crippen LogP contribution in [-0.2, 0) is 9.53 Å². The van der Waals surface area contributed by atoms with Crippen molar-refractivity contribution < 1.29 is 9.53 Å². The minimum Gasteiger partial charge on any atom is -0.376 e. The molecule has 1 amide bonds. The van der Waals surface area contributed by atoms with E-state index in [1.807, 2.05) is 6.07 Å². The number of amides is 1. The molecular weight excluding hydrogens is 408 g/mol. The van der Waals surface area contributed by atoms with E-state index >= 15 is 0 Å². The summed E-state index contributed by atoms with van der Waals surface area (Å²) in [5, 5.41) is 3.25. The van der Waals surface area contributed by atoms with E-state index in [9.17, 15) is 9.59 Å². The van der Waals surface area contributed by atoms with Gasteiger partial charge >= 0.3 is 0 Å². The molecule has 0 spiro atoms. The average Bonchev–Trinajstić information content (AvgIpc) is 3.33. The number of nitrogens with zero attached hydrogens (tertiary/aromatic N) is 3. The predicted molar refractivity (Wildman–Crippen MR) is 119 cm³/mol. The fourth-order valence-electron chi connectivity index (χ4n) is 3.30. The first-order valence-electron chi connectivity index (χ1n) is 9.31. The number of hydrogen-bond acceptors (Lipinski definition) is 7. The number of carbonyl (C=O) groups excluding carboxylic acids is 1. The summed E-state index contributed by atoms with van der Waals surface area (Å²) in [5.41, 5.74) is 0.605. The molecular formula is C20H20N4O3S2. The summed E-state index contributed by atoms with van der Waals surface area (Å²) in [6, 6.07) is 5.36. The van der Waals surface area contributed by atoms with Gasteiger partial charge in [0.2, 0.25) is 0 Å². The number of rotatable bonds is 6. The zero-order chi connectivity index (χ0) is 20.4. The Bertz CT molecular complexity index is 1070. The van der Waals surface area contributed by atoms with Crippen LogP contribution < -0.4 is 10.9 Å². The number of nitrogens with one attached hydrogen (secondary N) is 1.